The minimum absolute atomic E-state index is 0.556. The van der Waals surface area contributed by atoms with E-state index in [0.29, 0.717) is 25.8 Å². The van der Waals surface area contributed by atoms with E-state index < -0.39 is 0 Å². The average Bonchev–Trinajstić information content (AvgIpc) is 3.29. The van der Waals surface area contributed by atoms with Crippen LogP contribution in [0.2, 0.25) is 10.0 Å². The maximum atomic E-state index is 6.65. The molecular formula is C19H11Cl2N5OS. The quantitative estimate of drug-likeness (QED) is 0.386. The Labute approximate surface area is 173 Å². The first-order valence-electron chi connectivity index (χ1n) is 8.25. The summed E-state index contributed by atoms with van der Waals surface area (Å²) in [7, 11) is 1.63. The summed E-state index contributed by atoms with van der Waals surface area (Å²) in [5.41, 5.74) is 2.36. The summed E-state index contributed by atoms with van der Waals surface area (Å²) in [5.74, 6) is 1.37. The van der Waals surface area contributed by atoms with Crippen LogP contribution in [0.1, 0.15) is 0 Å². The molecule has 0 aliphatic rings. The van der Waals surface area contributed by atoms with Gasteiger partial charge in [0.1, 0.15) is 5.75 Å². The van der Waals surface area contributed by atoms with Gasteiger partial charge in [0.05, 0.1) is 23.2 Å². The van der Waals surface area contributed by atoms with Gasteiger partial charge in [-0.1, -0.05) is 46.7 Å². The van der Waals surface area contributed by atoms with Gasteiger partial charge in [-0.2, -0.15) is 9.61 Å². The highest BCUT2D eigenvalue weighted by Gasteiger charge is 2.18. The van der Waals surface area contributed by atoms with E-state index in [0.717, 1.165) is 27.8 Å². The third-order valence-corrected chi connectivity index (χ3v) is 5.89. The molecule has 2 aromatic carbocycles. The fraction of sp³-hybridized carbons (Fsp3) is 0.0526. The summed E-state index contributed by atoms with van der Waals surface area (Å²) in [5, 5.41) is 15.8. The maximum Gasteiger partial charge on any atom is 0.235 e. The van der Waals surface area contributed by atoms with Gasteiger partial charge >= 0.3 is 0 Å². The predicted octanol–water partition coefficient (Wildman–Crippen LogP) is 5.38. The summed E-state index contributed by atoms with van der Waals surface area (Å²) in [4.78, 5) is 5.14. The first-order valence-corrected chi connectivity index (χ1v) is 9.82. The van der Waals surface area contributed by atoms with E-state index in [2.05, 4.69) is 20.3 Å². The normalized spacial score (nSPS) is 11.4. The lowest BCUT2D eigenvalue weighted by Gasteiger charge is -2.05. The van der Waals surface area contributed by atoms with Gasteiger partial charge < -0.3 is 4.74 Å². The number of rotatable bonds is 3. The molecule has 0 aliphatic carbocycles. The van der Waals surface area contributed by atoms with Gasteiger partial charge in [0.2, 0.25) is 4.96 Å². The highest BCUT2D eigenvalue weighted by molar-refractivity contribution is 7.19. The van der Waals surface area contributed by atoms with Gasteiger partial charge in [-0.15, -0.1) is 10.2 Å². The zero-order valence-electron chi connectivity index (χ0n) is 14.4. The Morgan fingerprint density at radius 1 is 1.07 bits per heavy atom. The monoisotopic (exact) mass is 427 g/mol. The summed E-state index contributed by atoms with van der Waals surface area (Å²) >= 11 is 14.2. The lowest BCUT2D eigenvalue weighted by molar-refractivity contribution is 0.415. The molecule has 6 nitrogen and oxygen atoms in total. The molecule has 5 rings (SSSR count). The number of hydrogen-bond acceptors (Lipinski definition) is 6. The number of methoxy groups -OCH3 is 1. The molecule has 28 heavy (non-hydrogen) atoms. The zero-order chi connectivity index (χ0) is 19.3. The van der Waals surface area contributed by atoms with Crippen LogP contribution in [0.15, 0.2) is 48.7 Å². The van der Waals surface area contributed by atoms with Crippen LogP contribution in [0.3, 0.4) is 0 Å². The number of fused-ring (bicyclic) bond motifs is 2. The number of aromatic nitrogens is 5. The maximum absolute atomic E-state index is 6.65. The van der Waals surface area contributed by atoms with Crippen LogP contribution in [0.4, 0.5) is 0 Å². The van der Waals surface area contributed by atoms with Crippen molar-refractivity contribution in [3.63, 3.8) is 0 Å². The molecule has 3 heterocycles. The second-order valence-electron chi connectivity index (χ2n) is 6.00. The number of halogens is 2. The molecular weight excluding hydrogens is 417 g/mol. The zero-order valence-corrected chi connectivity index (χ0v) is 16.8. The van der Waals surface area contributed by atoms with Crippen LogP contribution in [-0.4, -0.2) is 31.9 Å². The number of hydrogen-bond donors (Lipinski definition) is 0. The van der Waals surface area contributed by atoms with Crippen LogP contribution >= 0.6 is 34.5 Å². The van der Waals surface area contributed by atoms with Crippen LogP contribution in [0.25, 0.3) is 37.8 Å². The van der Waals surface area contributed by atoms with E-state index in [1.807, 2.05) is 30.3 Å². The molecule has 0 aliphatic heterocycles. The lowest BCUT2D eigenvalue weighted by atomic mass is 10.1. The second-order valence-corrected chi connectivity index (χ2v) is 7.77. The minimum atomic E-state index is 0.556. The predicted molar refractivity (Wildman–Crippen MR) is 111 cm³/mol. The summed E-state index contributed by atoms with van der Waals surface area (Å²) in [6.07, 6.45) is 1.72. The molecule has 0 fully saturated rings. The van der Waals surface area contributed by atoms with Crippen molar-refractivity contribution in [3.05, 3.63) is 58.7 Å². The Morgan fingerprint density at radius 3 is 2.82 bits per heavy atom. The van der Waals surface area contributed by atoms with E-state index >= 15 is 0 Å². The third kappa shape index (κ3) is 2.79. The fourth-order valence-electron chi connectivity index (χ4n) is 2.95. The van der Waals surface area contributed by atoms with Crippen LogP contribution in [0.5, 0.6) is 5.75 Å². The first kappa shape index (κ1) is 17.4. The molecule has 0 saturated carbocycles. The molecule has 9 heteroatoms. The molecule has 0 amide bonds. The van der Waals surface area contributed by atoms with Crippen molar-refractivity contribution in [2.24, 2.45) is 0 Å². The highest BCUT2D eigenvalue weighted by Crippen LogP contribution is 2.36. The van der Waals surface area contributed by atoms with E-state index in [-0.39, 0.29) is 0 Å². The van der Waals surface area contributed by atoms with Gasteiger partial charge in [-0.3, -0.25) is 4.98 Å². The molecule has 0 unspecified atom stereocenters. The Morgan fingerprint density at radius 2 is 1.96 bits per heavy atom. The second kappa shape index (κ2) is 6.70. The SMILES string of the molecule is COc1cccc(-c2nnc3sc(-c4cnc5ccc(Cl)cc5c4Cl)nn23)c1. The van der Waals surface area contributed by atoms with Gasteiger partial charge in [0.15, 0.2) is 10.8 Å². The van der Waals surface area contributed by atoms with Crippen molar-refractivity contribution < 1.29 is 4.74 Å². The topological polar surface area (TPSA) is 65.2 Å². The Kier molecular flexibility index (Phi) is 4.16. The Hall–Kier alpha value is -2.74. The van der Waals surface area contributed by atoms with Crippen LogP contribution < -0.4 is 4.74 Å². The van der Waals surface area contributed by atoms with E-state index in [1.54, 1.807) is 30.0 Å². The van der Waals surface area contributed by atoms with Gasteiger partial charge in [-0.25, -0.2) is 0 Å². The number of pyridine rings is 1. The number of nitrogens with zero attached hydrogens (tertiary/aromatic N) is 5. The molecule has 0 N–H and O–H groups in total. The summed E-state index contributed by atoms with van der Waals surface area (Å²) in [6, 6.07) is 13.0. The largest absolute Gasteiger partial charge is 0.497 e. The van der Waals surface area contributed by atoms with Crippen LogP contribution in [-0.2, 0) is 0 Å². The van der Waals surface area contributed by atoms with E-state index in [1.165, 1.54) is 11.3 Å². The molecule has 0 saturated heterocycles. The summed E-state index contributed by atoms with van der Waals surface area (Å²) in [6.45, 7) is 0. The molecule has 0 radical (unpaired) electrons. The first-order chi connectivity index (χ1) is 13.6. The van der Waals surface area contributed by atoms with Gasteiger partial charge in [-0.05, 0) is 30.3 Å². The molecule has 5 aromatic rings. The van der Waals surface area contributed by atoms with Gasteiger partial charge in [0, 0.05) is 22.2 Å². The fourth-order valence-corrected chi connectivity index (χ4v) is 4.32. The Balaban J connectivity index is 1.66. The van der Waals surface area contributed by atoms with Gasteiger partial charge in [0.25, 0.3) is 0 Å². The highest BCUT2D eigenvalue weighted by atomic mass is 35.5. The molecule has 138 valence electrons. The number of ether oxygens (including phenoxy) is 1. The number of benzene rings is 2. The van der Waals surface area contributed by atoms with Crippen molar-refractivity contribution in [3.8, 4) is 27.7 Å². The minimum Gasteiger partial charge on any atom is -0.497 e. The van der Waals surface area contributed by atoms with E-state index in [4.69, 9.17) is 27.9 Å². The van der Waals surface area contributed by atoms with Crippen molar-refractivity contribution in [1.82, 2.24) is 24.8 Å². The lowest BCUT2D eigenvalue weighted by Crippen LogP contribution is -1.92. The average molecular weight is 428 g/mol. The molecule has 3 aromatic heterocycles. The standard InChI is InChI=1S/C19H11Cl2N5OS/c1-27-12-4-2-3-10(7-12)17-23-24-19-26(17)25-18(28-19)14-9-22-15-6-5-11(20)8-13(15)16(14)21/h2-9H,1H3. The van der Waals surface area contributed by atoms with Crippen molar-refractivity contribution >= 4 is 50.4 Å². The third-order valence-electron chi connectivity index (χ3n) is 4.31. The summed E-state index contributed by atoms with van der Waals surface area (Å²) < 4.78 is 7.00. The molecule has 0 spiro atoms. The molecule has 0 bridgehead atoms. The van der Waals surface area contributed by atoms with Crippen molar-refractivity contribution in [2.45, 2.75) is 0 Å². The molecule has 0 atom stereocenters. The smallest absolute Gasteiger partial charge is 0.235 e. The van der Waals surface area contributed by atoms with Crippen molar-refractivity contribution in [2.75, 3.05) is 7.11 Å². The van der Waals surface area contributed by atoms with Crippen molar-refractivity contribution in [1.29, 1.82) is 0 Å². The van der Waals surface area contributed by atoms with E-state index in [9.17, 15) is 0 Å². The Bertz CT molecular complexity index is 1350. The van der Waals surface area contributed by atoms with Crippen LogP contribution in [0, 0.1) is 0 Å².